The SMILES string of the molecule is CN=C(NCc1ccc(C(N)=O)cc1)NCC1(CCOC)CCC1.I. The molecule has 6 nitrogen and oxygen atoms in total. The number of rotatable bonds is 8. The Morgan fingerprint density at radius 1 is 1.28 bits per heavy atom. The number of amides is 1. The third kappa shape index (κ3) is 6.47. The highest BCUT2D eigenvalue weighted by molar-refractivity contribution is 14.0. The van der Waals surface area contributed by atoms with Crippen LogP contribution in [0.5, 0.6) is 0 Å². The average Bonchev–Trinajstić information content (AvgIpc) is 2.56. The summed E-state index contributed by atoms with van der Waals surface area (Å²) in [4.78, 5) is 15.4. The molecule has 0 bridgehead atoms. The van der Waals surface area contributed by atoms with Crippen molar-refractivity contribution in [3.05, 3.63) is 35.4 Å². The van der Waals surface area contributed by atoms with Crippen molar-refractivity contribution >= 4 is 35.8 Å². The normalized spacial score (nSPS) is 15.7. The molecule has 0 saturated heterocycles. The fraction of sp³-hybridized carbons (Fsp3) is 0.556. The summed E-state index contributed by atoms with van der Waals surface area (Å²) in [6.07, 6.45) is 4.87. The van der Waals surface area contributed by atoms with Crippen LogP contribution >= 0.6 is 24.0 Å². The minimum atomic E-state index is -0.408. The lowest BCUT2D eigenvalue weighted by molar-refractivity contribution is 0.0732. The molecule has 0 heterocycles. The van der Waals surface area contributed by atoms with Gasteiger partial charge in [0.15, 0.2) is 5.96 Å². The van der Waals surface area contributed by atoms with Gasteiger partial charge in [-0.15, -0.1) is 24.0 Å². The second kappa shape index (κ2) is 10.6. The van der Waals surface area contributed by atoms with Gasteiger partial charge < -0.3 is 21.1 Å². The molecule has 1 aromatic rings. The molecule has 0 unspecified atom stereocenters. The van der Waals surface area contributed by atoms with Crippen molar-refractivity contribution in [1.82, 2.24) is 10.6 Å². The number of hydrogen-bond acceptors (Lipinski definition) is 3. The maximum absolute atomic E-state index is 11.1. The van der Waals surface area contributed by atoms with E-state index >= 15 is 0 Å². The third-order valence-electron chi connectivity index (χ3n) is 4.80. The lowest BCUT2D eigenvalue weighted by Gasteiger charge is -2.42. The molecule has 0 aliphatic heterocycles. The number of methoxy groups -OCH3 is 1. The highest BCUT2D eigenvalue weighted by atomic mass is 127. The summed E-state index contributed by atoms with van der Waals surface area (Å²) in [6, 6.07) is 7.27. The Morgan fingerprint density at radius 3 is 2.44 bits per heavy atom. The molecule has 1 amide bonds. The second-order valence-corrected chi connectivity index (χ2v) is 6.44. The Labute approximate surface area is 167 Å². The van der Waals surface area contributed by atoms with Gasteiger partial charge in [0.05, 0.1) is 0 Å². The molecule has 1 fully saturated rings. The first-order chi connectivity index (χ1) is 11.6. The summed E-state index contributed by atoms with van der Waals surface area (Å²) in [5.41, 5.74) is 7.18. The molecule has 1 aliphatic rings. The number of ether oxygens (including phenoxy) is 1. The standard InChI is InChI=1S/C18H28N4O2.HI/c1-20-17(22-13-18(8-3-9-18)10-11-24-2)21-12-14-4-6-15(7-5-14)16(19)23;/h4-7H,3,8-13H2,1-2H3,(H2,19,23)(H2,20,21,22);1H. The van der Waals surface area contributed by atoms with E-state index in [4.69, 9.17) is 10.5 Å². The Balaban J connectivity index is 0.00000312. The fourth-order valence-electron chi connectivity index (χ4n) is 2.97. The Hall–Kier alpha value is -1.35. The number of carbonyl (C=O) groups is 1. The van der Waals surface area contributed by atoms with Crippen molar-refractivity contribution in [2.45, 2.75) is 32.2 Å². The summed E-state index contributed by atoms with van der Waals surface area (Å²) < 4.78 is 5.23. The zero-order valence-electron chi connectivity index (χ0n) is 15.0. The van der Waals surface area contributed by atoms with E-state index < -0.39 is 5.91 Å². The van der Waals surface area contributed by atoms with E-state index in [0.717, 1.165) is 31.1 Å². The zero-order chi connectivity index (χ0) is 17.4. The Morgan fingerprint density at radius 2 is 1.96 bits per heavy atom. The van der Waals surface area contributed by atoms with Gasteiger partial charge in [-0.2, -0.15) is 0 Å². The van der Waals surface area contributed by atoms with Crippen molar-refractivity contribution in [3.63, 3.8) is 0 Å². The number of benzene rings is 1. The molecule has 0 radical (unpaired) electrons. The van der Waals surface area contributed by atoms with Crippen molar-refractivity contribution in [2.75, 3.05) is 27.3 Å². The van der Waals surface area contributed by atoms with Gasteiger partial charge in [-0.05, 0) is 42.4 Å². The smallest absolute Gasteiger partial charge is 0.248 e. The number of nitrogens with zero attached hydrogens (tertiary/aromatic N) is 1. The molecular formula is C18H29IN4O2. The first-order valence-electron chi connectivity index (χ1n) is 8.41. The Bertz CT molecular complexity index is 571. The number of guanidine groups is 1. The number of nitrogens with one attached hydrogen (secondary N) is 2. The largest absolute Gasteiger partial charge is 0.385 e. The van der Waals surface area contributed by atoms with Gasteiger partial charge in [-0.1, -0.05) is 18.6 Å². The predicted octanol–water partition coefficient (Wildman–Crippen LogP) is 2.28. The molecule has 140 valence electrons. The van der Waals surface area contributed by atoms with E-state index in [-0.39, 0.29) is 24.0 Å². The zero-order valence-corrected chi connectivity index (χ0v) is 17.3. The van der Waals surface area contributed by atoms with Crippen LogP contribution in [0.3, 0.4) is 0 Å². The van der Waals surface area contributed by atoms with Crippen LogP contribution in [0.2, 0.25) is 0 Å². The lowest BCUT2D eigenvalue weighted by Crippen LogP contribution is -2.46. The van der Waals surface area contributed by atoms with Crippen LogP contribution in [-0.2, 0) is 11.3 Å². The van der Waals surface area contributed by atoms with E-state index in [2.05, 4.69) is 15.6 Å². The lowest BCUT2D eigenvalue weighted by atomic mass is 9.67. The van der Waals surface area contributed by atoms with Gasteiger partial charge in [-0.25, -0.2) is 0 Å². The minimum absolute atomic E-state index is 0. The summed E-state index contributed by atoms with van der Waals surface area (Å²) in [7, 11) is 3.53. The fourth-order valence-corrected chi connectivity index (χ4v) is 2.97. The van der Waals surface area contributed by atoms with Crippen LogP contribution < -0.4 is 16.4 Å². The maximum atomic E-state index is 11.1. The number of aliphatic imine (C=N–C) groups is 1. The number of halogens is 1. The Kier molecular flexibility index (Phi) is 9.20. The second-order valence-electron chi connectivity index (χ2n) is 6.44. The molecule has 25 heavy (non-hydrogen) atoms. The van der Waals surface area contributed by atoms with Crippen molar-refractivity contribution in [2.24, 2.45) is 16.1 Å². The maximum Gasteiger partial charge on any atom is 0.248 e. The van der Waals surface area contributed by atoms with Crippen LogP contribution in [0.25, 0.3) is 0 Å². The minimum Gasteiger partial charge on any atom is -0.385 e. The van der Waals surface area contributed by atoms with Gasteiger partial charge in [-0.3, -0.25) is 9.79 Å². The first-order valence-corrected chi connectivity index (χ1v) is 8.41. The molecule has 1 aliphatic carbocycles. The highest BCUT2D eigenvalue weighted by Crippen LogP contribution is 2.43. The van der Waals surface area contributed by atoms with Gasteiger partial charge in [0, 0.05) is 39.4 Å². The van der Waals surface area contributed by atoms with Crippen molar-refractivity contribution < 1.29 is 9.53 Å². The topological polar surface area (TPSA) is 88.7 Å². The molecule has 0 spiro atoms. The van der Waals surface area contributed by atoms with Crippen LogP contribution in [-0.4, -0.2) is 39.2 Å². The van der Waals surface area contributed by atoms with Crippen molar-refractivity contribution in [1.29, 1.82) is 0 Å². The summed E-state index contributed by atoms with van der Waals surface area (Å²) >= 11 is 0. The van der Waals surface area contributed by atoms with E-state index in [0.29, 0.717) is 17.5 Å². The molecule has 1 saturated carbocycles. The highest BCUT2D eigenvalue weighted by Gasteiger charge is 2.36. The van der Waals surface area contributed by atoms with Crippen LogP contribution in [0.15, 0.2) is 29.3 Å². The summed E-state index contributed by atoms with van der Waals surface area (Å²) in [6.45, 7) is 2.36. The van der Waals surface area contributed by atoms with Gasteiger partial charge in [0.2, 0.25) is 5.91 Å². The molecule has 4 N–H and O–H groups in total. The van der Waals surface area contributed by atoms with E-state index in [1.54, 1.807) is 26.3 Å². The predicted molar refractivity (Wildman–Crippen MR) is 111 cm³/mol. The summed E-state index contributed by atoms with van der Waals surface area (Å²) in [5, 5.41) is 6.73. The quantitative estimate of drug-likeness (QED) is 0.316. The molecular weight excluding hydrogens is 431 g/mol. The molecule has 2 rings (SSSR count). The number of carbonyl (C=O) groups excluding carboxylic acids is 1. The first kappa shape index (κ1) is 21.7. The summed E-state index contributed by atoms with van der Waals surface area (Å²) in [5.74, 6) is 0.381. The van der Waals surface area contributed by atoms with Gasteiger partial charge >= 0.3 is 0 Å². The number of primary amides is 1. The van der Waals surface area contributed by atoms with E-state index in [9.17, 15) is 4.79 Å². The number of nitrogens with two attached hydrogens (primary N) is 1. The van der Waals surface area contributed by atoms with E-state index in [1.807, 2.05) is 12.1 Å². The van der Waals surface area contributed by atoms with E-state index in [1.165, 1.54) is 19.3 Å². The number of hydrogen-bond donors (Lipinski definition) is 3. The average molecular weight is 460 g/mol. The van der Waals surface area contributed by atoms with Crippen LogP contribution in [0.4, 0.5) is 0 Å². The van der Waals surface area contributed by atoms with Crippen molar-refractivity contribution in [3.8, 4) is 0 Å². The van der Waals surface area contributed by atoms with Gasteiger partial charge in [0.25, 0.3) is 0 Å². The molecule has 7 heteroatoms. The monoisotopic (exact) mass is 460 g/mol. The molecule has 0 atom stereocenters. The van der Waals surface area contributed by atoms with Gasteiger partial charge in [0.1, 0.15) is 0 Å². The third-order valence-corrected chi connectivity index (χ3v) is 4.80. The molecule has 0 aromatic heterocycles. The molecule has 1 aromatic carbocycles. The van der Waals surface area contributed by atoms with Crippen LogP contribution in [0.1, 0.15) is 41.6 Å². The van der Waals surface area contributed by atoms with Crippen LogP contribution in [0, 0.1) is 5.41 Å².